The Labute approximate surface area is 194 Å². The van der Waals surface area contributed by atoms with Crippen molar-refractivity contribution in [2.45, 2.75) is 56.7 Å². The minimum Gasteiger partial charge on any atom is -0.403 e. The maximum absolute atomic E-state index is 9.06. The average molecular weight is 443 g/mol. The molecule has 1 saturated carbocycles. The van der Waals surface area contributed by atoms with Crippen LogP contribution in [0.1, 0.15) is 44.1 Å². The van der Waals surface area contributed by atoms with Crippen LogP contribution in [0.4, 0.5) is 11.7 Å². The first-order valence-corrected chi connectivity index (χ1v) is 11.9. The van der Waals surface area contributed by atoms with E-state index in [1.54, 1.807) is 0 Å². The lowest BCUT2D eigenvalue weighted by Gasteiger charge is -2.40. The number of rotatable bonds is 6. The molecule has 2 N–H and O–H groups in total. The number of benzene rings is 2. The highest BCUT2D eigenvalue weighted by Crippen LogP contribution is 2.26. The number of nitrogens with zero attached hydrogens (tertiary/aromatic N) is 4. The van der Waals surface area contributed by atoms with Crippen molar-refractivity contribution in [1.29, 1.82) is 5.26 Å². The molecule has 1 saturated heterocycles. The fourth-order valence-corrected chi connectivity index (χ4v) is 5.04. The largest absolute Gasteiger partial charge is 0.403 e. The number of hydrogen-bond donors (Lipinski definition) is 2. The number of aromatic nitrogens is 2. The lowest BCUT2D eigenvalue weighted by Crippen LogP contribution is -2.54. The maximum atomic E-state index is 9.06. The molecule has 2 fully saturated rings. The topological polar surface area (TPSA) is 90.0 Å². The van der Waals surface area contributed by atoms with Crippen LogP contribution in [0, 0.1) is 11.3 Å². The highest BCUT2D eigenvalue weighted by Gasteiger charge is 2.30. The number of hydrogen-bond acceptors (Lipinski definition) is 7. The molecule has 0 amide bonds. The standard InChI is InChI=1S/C26H30N6O/c27-17-19-12-14-22(15-13-19)32-16-6-9-21(18-32)28-23-10-4-5-11-24(23)29-26-31-30-25(33-26)20-7-2-1-3-8-20/h1-3,7-8,12-15,21,23-24,28H,4-6,9-11,16,18H2,(H,29,31)/t21-,23+,24+/m0/s1. The summed E-state index contributed by atoms with van der Waals surface area (Å²) in [6.45, 7) is 2.04. The SMILES string of the molecule is N#Cc1ccc(N2CCC[C@H](N[C@@H]3CCCC[C@H]3Nc3nnc(-c4ccccc4)o3)C2)cc1. The van der Waals surface area contributed by atoms with Gasteiger partial charge in [0.05, 0.1) is 11.6 Å². The van der Waals surface area contributed by atoms with E-state index < -0.39 is 0 Å². The van der Waals surface area contributed by atoms with Gasteiger partial charge in [0.2, 0.25) is 5.89 Å². The van der Waals surface area contributed by atoms with E-state index in [9.17, 15) is 0 Å². The predicted molar refractivity (Wildman–Crippen MR) is 129 cm³/mol. The molecule has 0 bridgehead atoms. The van der Waals surface area contributed by atoms with Crippen molar-refractivity contribution >= 4 is 11.7 Å². The molecule has 3 atom stereocenters. The van der Waals surface area contributed by atoms with E-state index >= 15 is 0 Å². The van der Waals surface area contributed by atoms with Crippen LogP contribution in [0.15, 0.2) is 59.0 Å². The number of nitriles is 1. The van der Waals surface area contributed by atoms with E-state index in [0.29, 0.717) is 29.6 Å². The molecule has 1 aliphatic heterocycles. The van der Waals surface area contributed by atoms with E-state index in [1.807, 2.05) is 42.5 Å². The van der Waals surface area contributed by atoms with Crippen molar-refractivity contribution in [2.75, 3.05) is 23.3 Å². The second-order valence-electron chi connectivity index (χ2n) is 9.03. The van der Waals surface area contributed by atoms with Crippen LogP contribution in [0.3, 0.4) is 0 Å². The Balaban J connectivity index is 1.22. The summed E-state index contributed by atoms with van der Waals surface area (Å²) >= 11 is 0. The number of anilines is 2. The van der Waals surface area contributed by atoms with Gasteiger partial charge in [-0.1, -0.05) is 36.1 Å². The van der Waals surface area contributed by atoms with Gasteiger partial charge < -0.3 is 20.0 Å². The normalized spacial score (nSPS) is 23.1. The van der Waals surface area contributed by atoms with Crippen LogP contribution < -0.4 is 15.5 Å². The highest BCUT2D eigenvalue weighted by atomic mass is 16.4. The Bertz CT molecular complexity index is 1070. The third kappa shape index (κ3) is 5.18. The Hall–Kier alpha value is -3.37. The zero-order valence-corrected chi connectivity index (χ0v) is 18.8. The van der Waals surface area contributed by atoms with E-state index in [0.717, 1.165) is 37.9 Å². The molecule has 0 radical (unpaired) electrons. The summed E-state index contributed by atoms with van der Waals surface area (Å²) in [6, 6.07) is 21.6. The monoisotopic (exact) mass is 442 g/mol. The lowest BCUT2D eigenvalue weighted by atomic mass is 9.89. The van der Waals surface area contributed by atoms with Crippen LogP contribution in [-0.4, -0.2) is 41.4 Å². The van der Waals surface area contributed by atoms with Gasteiger partial charge in [-0.15, -0.1) is 5.10 Å². The Morgan fingerprint density at radius 1 is 0.909 bits per heavy atom. The Kier molecular flexibility index (Phi) is 6.54. The van der Waals surface area contributed by atoms with Gasteiger partial charge in [-0.05, 0) is 62.1 Å². The van der Waals surface area contributed by atoms with Gasteiger partial charge >= 0.3 is 6.01 Å². The quantitative estimate of drug-likeness (QED) is 0.577. The van der Waals surface area contributed by atoms with Gasteiger partial charge in [0.25, 0.3) is 0 Å². The lowest BCUT2D eigenvalue weighted by molar-refractivity contribution is 0.290. The van der Waals surface area contributed by atoms with Crippen molar-refractivity contribution in [1.82, 2.24) is 15.5 Å². The molecule has 2 aromatic carbocycles. The van der Waals surface area contributed by atoms with Crippen LogP contribution in [0.25, 0.3) is 11.5 Å². The molecule has 7 nitrogen and oxygen atoms in total. The average Bonchev–Trinajstić information content (AvgIpc) is 3.35. The molecule has 0 unspecified atom stereocenters. The van der Waals surface area contributed by atoms with E-state index in [1.165, 1.54) is 24.9 Å². The van der Waals surface area contributed by atoms with Gasteiger partial charge in [0.15, 0.2) is 0 Å². The molecule has 33 heavy (non-hydrogen) atoms. The molecule has 1 aromatic heterocycles. The zero-order valence-electron chi connectivity index (χ0n) is 18.8. The third-order valence-electron chi connectivity index (χ3n) is 6.75. The van der Waals surface area contributed by atoms with E-state index in [2.05, 4.69) is 43.9 Å². The van der Waals surface area contributed by atoms with Crippen LogP contribution >= 0.6 is 0 Å². The fourth-order valence-electron chi connectivity index (χ4n) is 5.04. The predicted octanol–water partition coefficient (Wildman–Crippen LogP) is 4.59. The molecular formula is C26H30N6O. The summed E-state index contributed by atoms with van der Waals surface area (Å²) in [4.78, 5) is 2.43. The van der Waals surface area contributed by atoms with E-state index in [4.69, 9.17) is 9.68 Å². The molecule has 2 heterocycles. The highest BCUT2D eigenvalue weighted by molar-refractivity contribution is 5.53. The molecule has 170 valence electrons. The second-order valence-corrected chi connectivity index (χ2v) is 9.03. The molecule has 1 aliphatic carbocycles. The van der Waals surface area contributed by atoms with Crippen molar-refractivity contribution in [3.8, 4) is 17.5 Å². The maximum Gasteiger partial charge on any atom is 0.316 e. The molecule has 0 spiro atoms. The first-order chi connectivity index (χ1) is 16.3. The second kappa shape index (κ2) is 10.1. The summed E-state index contributed by atoms with van der Waals surface area (Å²) in [5.74, 6) is 0.545. The number of nitrogens with one attached hydrogen (secondary N) is 2. The summed E-state index contributed by atoms with van der Waals surface area (Å²) in [5, 5.41) is 25.0. The number of piperidine rings is 1. The van der Waals surface area contributed by atoms with Crippen LogP contribution in [0.5, 0.6) is 0 Å². The van der Waals surface area contributed by atoms with E-state index in [-0.39, 0.29) is 6.04 Å². The summed E-state index contributed by atoms with van der Waals surface area (Å²) in [7, 11) is 0. The molecule has 5 rings (SSSR count). The summed E-state index contributed by atoms with van der Waals surface area (Å²) in [6.07, 6.45) is 7.01. The first-order valence-electron chi connectivity index (χ1n) is 11.9. The molecule has 3 aromatic rings. The van der Waals surface area contributed by atoms with Gasteiger partial charge in [0.1, 0.15) is 0 Å². The van der Waals surface area contributed by atoms with Crippen LogP contribution in [-0.2, 0) is 0 Å². The van der Waals surface area contributed by atoms with Crippen molar-refractivity contribution in [3.63, 3.8) is 0 Å². The Morgan fingerprint density at radius 2 is 1.70 bits per heavy atom. The van der Waals surface area contributed by atoms with Crippen molar-refractivity contribution < 1.29 is 4.42 Å². The smallest absolute Gasteiger partial charge is 0.316 e. The minimum atomic E-state index is 0.271. The summed E-state index contributed by atoms with van der Waals surface area (Å²) in [5.41, 5.74) is 2.83. The molecular weight excluding hydrogens is 412 g/mol. The third-order valence-corrected chi connectivity index (χ3v) is 6.75. The van der Waals surface area contributed by atoms with Gasteiger partial charge in [-0.2, -0.15) is 5.26 Å². The summed E-state index contributed by atoms with van der Waals surface area (Å²) < 4.78 is 5.91. The minimum absolute atomic E-state index is 0.271. The zero-order chi connectivity index (χ0) is 22.5. The van der Waals surface area contributed by atoms with Crippen molar-refractivity contribution in [2.24, 2.45) is 0 Å². The van der Waals surface area contributed by atoms with Gasteiger partial charge in [-0.25, -0.2) is 0 Å². The van der Waals surface area contributed by atoms with Gasteiger partial charge in [0, 0.05) is 42.5 Å². The van der Waals surface area contributed by atoms with Gasteiger partial charge in [-0.3, -0.25) is 0 Å². The van der Waals surface area contributed by atoms with Crippen molar-refractivity contribution in [3.05, 3.63) is 60.2 Å². The first kappa shape index (κ1) is 21.5. The molecule has 2 aliphatic rings. The van der Waals surface area contributed by atoms with Crippen LogP contribution in [0.2, 0.25) is 0 Å². The molecule has 7 heteroatoms. The fraction of sp³-hybridized carbons (Fsp3) is 0.423. The Morgan fingerprint density at radius 3 is 2.48 bits per heavy atom.